The van der Waals surface area contributed by atoms with Crippen LogP contribution in [0.5, 0.6) is 0 Å². The molecule has 1 fully saturated rings. The van der Waals surface area contributed by atoms with Crippen LogP contribution in [-0.2, 0) is 10.4 Å². The monoisotopic (exact) mass is 238 g/mol. The van der Waals surface area contributed by atoms with E-state index in [2.05, 4.69) is 9.97 Å². The summed E-state index contributed by atoms with van der Waals surface area (Å²) in [5.74, 6) is -0.869. The molecule has 94 valence electrons. The van der Waals surface area contributed by atoms with Gasteiger partial charge in [-0.2, -0.15) is 0 Å². The minimum absolute atomic E-state index is 0.0959. The van der Waals surface area contributed by atoms with Gasteiger partial charge in [-0.25, -0.2) is 4.98 Å². The first-order valence-corrected chi connectivity index (χ1v) is 5.96. The number of aromatic nitrogens is 2. The van der Waals surface area contributed by atoms with Crippen LogP contribution in [0, 0.1) is 11.8 Å². The highest BCUT2D eigenvalue weighted by Crippen LogP contribution is 2.40. The highest BCUT2D eigenvalue weighted by atomic mass is 16.4. The van der Waals surface area contributed by atoms with E-state index in [1.807, 2.05) is 0 Å². The fourth-order valence-corrected chi connectivity index (χ4v) is 2.66. The van der Waals surface area contributed by atoms with E-state index in [-0.39, 0.29) is 11.8 Å². The maximum atomic E-state index is 10.9. The first kappa shape index (κ1) is 12.1. The lowest BCUT2D eigenvalue weighted by atomic mass is 9.73. The lowest BCUT2D eigenvalue weighted by Gasteiger charge is -2.36. The van der Waals surface area contributed by atoms with Gasteiger partial charge in [-0.3, -0.25) is 4.79 Å². The van der Waals surface area contributed by atoms with Gasteiger partial charge in [0.2, 0.25) is 0 Å². The maximum Gasteiger partial charge on any atom is 0.306 e. The molecule has 0 bridgehead atoms. The summed E-state index contributed by atoms with van der Waals surface area (Å²) in [7, 11) is 0. The van der Waals surface area contributed by atoms with Crippen molar-refractivity contribution in [2.75, 3.05) is 0 Å². The molecular formula is C12H18N2O3. The van der Waals surface area contributed by atoms with Crippen molar-refractivity contribution in [2.24, 2.45) is 11.8 Å². The van der Waals surface area contributed by atoms with Gasteiger partial charge in [-0.05, 0) is 38.5 Å². The molecule has 17 heavy (non-hydrogen) atoms. The Morgan fingerprint density at radius 2 is 2.12 bits per heavy atom. The van der Waals surface area contributed by atoms with Gasteiger partial charge in [-0.1, -0.05) is 0 Å². The molecule has 0 radical (unpaired) electrons. The van der Waals surface area contributed by atoms with Crippen LogP contribution in [0.4, 0.5) is 0 Å². The SMILES string of the molecule is CC(O)(c1cnc[nH]1)C1CCC(C(=O)O)CC1. The first-order chi connectivity index (χ1) is 8.01. The summed E-state index contributed by atoms with van der Waals surface area (Å²) in [6, 6.07) is 0. The summed E-state index contributed by atoms with van der Waals surface area (Å²) in [6.07, 6.45) is 5.94. The smallest absolute Gasteiger partial charge is 0.306 e. The fraction of sp³-hybridized carbons (Fsp3) is 0.667. The molecule has 0 aliphatic heterocycles. The molecule has 1 aromatic rings. The summed E-state index contributed by atoms with van der Waals surface area (Å²) in [6.45, 7) is 1.77. The van der Waals surface area contributed by atoms with Crippen LogP contribution < -0.4 is 0 Å². The van der Waals surface area contributed by atoms with Crippen LogP contribution in [-0.4, -0.2) is 26.2 Å². The third kappa shape index (κ3) is 2.34. The predicted molar refractivity (Wildman–Crippen MR) is 61.2 cm³/mol. The van der Waals surface area contributed by atoms with E-state index in [4.69, 9.17) is 5.11 Å². The molecule has 3 N–H and O–H groups in total. The van der Waals surface area contributed by atoms with E-state index in [0.717, 1.165) is 12.8 Å². The number of aromatic amines is 1. The third-order valence-electron chi connectivity index (χ3n) is 3.91. The fourth-order valence-electron chi connectivity index (χ4n) is 2.66. The average molecular weight is 238 g/mol. The minimum Gasteiger partial charge on any atom is -0.481 e. The number of nitrogens with zero attached hydrogens (tertiary/aromatic N) is 1. The van der Waals surface area contributed by atoms with Crippen molar-refractivity contribution in [3.8, 4) is 0 Å². The third-order valence-corrected chi connectivity index (χ3v) is 3.91. The number of aliphatic hydroxyl groups is 1. The minimum atomic E-state index is -0.944. The number of nitrogens with one attached hydrogen (secondary N) is 1. The molecule has 0 spiro atoms. The summed E-state index contributed by atoms with van der Waals surface area (Å²) >= 11 is 0. The molecule has 2 rings (SSSR count). The van der Waals surface area contributed by atoms with Crippen molar-refractivity contribution < 1.29 is 15.0 Å². The number of aliphatic carboxylic acids is 1. The van der Waals surface area contributed by atoms with Gasteiger partial charge in [0, 0.05) is 0 Å². The van der Waals surface area contributed by atoms with E-state index in [1.54, 1.807) is 19.4 Å². The van der Waals surface area contributed by atoms with Gasteiger partial charge in [-0.15, -0.1) is 0 Å². The number of hydrogen-bond acceptors (Lipinski definition) is 3. The second-order valence-electron chi connectivity index (χ2n) is 5.00. The Kier molecular flexibility index (Phi) is 3.19. The molecular weight excluding hydrogens is 220 g/mol. The lowest BCUT2D eigenvalue weighted by Crippen LogP contribution is -2.36. The molecule has 1 aliphatic carbocycles. The topological polar surface area (TPSA) is 86.2 Å². The maximum absolute atomic E-state index is 10.9. The molecule has 0 saturated heterocycles. The van der Waals surface area contributed by atoms with E-state index >= 15 is 0 Å². The molecule has 1 aromatic heterocycles. The Morgan fingerprint density at radius 3 is 2.59 bits per heavy atom. The van der Waals surface area contributed by atoms with Crippen molar-refractivity contribution >= 4 is 5.97 Å². The quantitative estimate of drug-likeness (QED) is 0.745. The number of hydrogen-bond donors (Lipinski definition) is 3. The second-order valence-corrected chi connectivity index (χ2v) is 5.00. The number of carboxylic acid groups (broad SMARTS) is 1. The van der Waals surface area contributed by atoms with E-state index < -0.39 is 11.6 Å². The number of rotatable bonds is 3. The van der Waals surface area contributed by atoms with Crippen LogP contribution in [0.15, 0.2) is 12.5 Å². The van der Waals surface area contributed by atoms with Crippen LogP contribution in [0.25, 0.3) is 0 Å². The van der Waals surface area contributed by atoms with Crippen LogP contribution in [0.1, 0.15) is 38.3 Å². The largest absolute Gasteiger partial charge is 0.481 e. The summed E-state index contributed by atoms with van der Waals surface area (Å²) < 4.78 is 0. The summed E-state index contributed by atoms with van der Waals surface area (Å²) in [5, 5.41) is 19.4. The number of H-pyrrole nitrogens is 1. The van der Waals surface area contributed by atoms with E-state index in [0.29, 0.717) is 18.5 Å². The molecule has 1 saturated carbocycles. The predicted octanol–water partition coefficient (Wildman–Crippen LogP) is 1.51. The zero-order valence-electron chi connectivity index (χ0n) is 9.89. The van der Waals surface area contributed by atoms with Crippen LogP contribution >= 0.6 is 0 Å². The highest BCUT2D eigenvalue weighted by Gasteiger charge is 2.38. The van der Waals surface area contributed by atoms with Crippen molar-refractivity contribution in [1.82, 2.24) is 9.97 Å². The van der Waals surface area contributed by atoms with Gasteiger partial charge >= 0.3 is 5.97 Å². The Morgan fingerprint density at radius 1 is 1.47 bits per heavy atom. The molecule has 1 unspecified atom stereocenters. The summed E-state index contributed by atoms with van der Waals surface area (Å²) in [4.78, 5) is 17.7. The number of imidazole rings is 1. The zero-order chi connectivity index (χ0) is 12.5. The summed E-state index contributed by atoms with van der Waals surface area (Å²) in [5.41, 5.74) is -0.240. The molecule has 1 heterocycles. The zero-order valence-corrected chi connectivity index (χ0v) is 9.89. The number of carboxylic acids is 1. The Balaban J connectivity index is 2.03. The van der Waals surface area contributed by atoms with Gasteiger partial charge < -0.3 is 15.2 Å². The molecule has 0 aromatic carbocycles. The lowest BCUT2D eigenvalue weighted by molar-refractivity contribution is -0.144. The van der Waals surface area contributed by atoms with Crippen LogP contribution in [0.3, 0.4) is 0 Å². The van der Waals surface area contributed by atoms with Gasteiger partial charge in [0.25, 0.3) is 0 Å². The normalized spacial score (nSPS) is 28.6. The highest BCUT2D eigenvalue weighted by molar-refractivity contribution is 5.70. The number of carbonyl (C=O) groups is 1. The Bertz CT molecular complexity index is 378. The van der Waals surface area contributed by atoms with Crippen molar-refractivity contribution in [1.29, 1.82) is 0 Å². The average Bonchev–Trinajstić information content (AvgIpc) is 2.83. The molecule has 0 amide bonds. The second kappa shape index (κ2) is 4.49. The van der Waals surface area contributed by atoms with Crippen molar-refractivity contribution in [2.45, 2.75) is 38.2 Å². The van der Waals surface area contributed by atoms with Gasteiger partial charge in [0.05, 0.1) is 24.1 Å². The molecule has 5 nitrogen and oxygen atoms in total. The molecule has 1 aliphatic rings. The standard InChI is InChI=1S/C12H18N2O3/c1-12(17,10-6-13-7-14-10)9-4-2-8(3-5-9)11(15)16/h6-9,17H,2-5H2,1H3,(H,13,14)(H,15,16). The van der Waals surface area contributed by atoms with Crippen LogP contribution in [0.2, 0.25) is 0 Å². The molecule has 1 atom stereocenters. The van der Waals surface area contributed by atoms with Crippen molar-refractivity contribution in [3.63, 3.8) is 0 Å². The molecule has 5 heteroatoms. The van der Waals surface area contributed by atoms with Gasteiger partial charge in [0.15, 0.2) is 0 Å². The van der Waals surface area contributed by atoms with E-state index in [9.17, 15) is 9.90 Å². The van der Waals surface area contributed by atoms with E-state index in [1.165, 1.54) is 0 Å². The Labute approximate surface area is 99.9 Å². The Hall–Kier alpha value is -1.36. The van der Waals surface area contributed by atoms with Crippen molar-refractivity contribution in [3.05, 3.63) is 18.2 Å². The first-order valence-electron chi connectivity index (χ1n) is 5.96. The van der Waals surface area contributed by atoms with Gasteiger partial charge in [0.1, 0.15) is 5.60 Å².